The van der Waals surface area contributed by atoms with E-state index in [9.17, 15) is 33.6 Å². The van der Waals surface area contributed by atoms with E-state index in [4.69, 9.17) is 48.9 Å². The molecule has 2 aromatic heterocycles. The quantitative estimate of drug-likeness (QED) is 0.0151. The van der Waals surface area contributed by atoms with Crippen LogP contribution in [0.4, 0.5) is 26.8 Å². The number of ether oxygens (including phenoxy) is 7. The van der Waals surface area contributed by atoms with Crippen LogP contribution in [0, 0.1) is 24.7 Å². The van der Waals surface area contributed by atoms with Crippen LogP contribution in [0.15, 0.2) is 103 Å². The summed E-state index contributed by atoms with van der Waals surface area (Å²) in [5.74, 6) is 6.47. The number of para-hydroxylation sites is 1. The van der Waals surface area contributed by atoms with Crippen LogP contribution < -0.4 is 47.3 Å². The molecule has 4 aromatic carbocycles. The maximum absolute atomic E-state index is 13.8. The third-order valence-electron chi connectivity index (χ3n) is 17.8. The van der Waals surface area contributed by atoms with Gasteiger partial charge in [0.25, 0.3) is 0 Å². The van der Waals surface area contributed by atoms with Gasteiger partial charge in [0.1, 0.15) is 41.4 Å². The highest BCUT2D eigenvalue weighted by molar-refractivity contribution is 5.99. The highest BCUT2D eigenvalue weighted by atomic mass is 16.6. The van der Waals surface area contributed by atoms with Gasteiger partial charge in [0, 0.05) is 93.7 Å². The Labute approximate surface area is 602 Å². The van der Waals surface area contributed by atoms with Gasteiger partial charge in [-0.05, 0) is 91.3 Å². The Morgan fingerprint density at radius 2 is 1.41 bits per heavy atom. The molecular formula is C76H99N13O14. The maximum Gasteiger partial charge on any atom is 0.410 e. The van der Waals surface area contributed by atoms with Crippen LogP contribution in [-0.2, 0) is 78.6 Å². The first-order valence-electron chi connectivity index (χ1n) is 35.6. The third-order valence-corrected chi connectivity index (χ3v) is 17.8. The normalized spacial score (nSPS) is 14.3. The minimum atomic E-state index is -1.06. The molecule has 27 heteroatoms. The minimum absolute atomic E-state index is 0.0109. The van der Waals surface area contributed by atoms with Gasteiger partial charge in [0.05, 0.1) is 97.4 Å². The average molecular weight is 1420 g/mol. The van der Waals surface area contributed by atoms with Crippen molar-refractivity contribution in [1.29, 1.82) is 0 Å². The van der Waals surface area contributed by atoms with Gasteiger partial charge in [-0.3, -0.25) is 28.9 Å². The number of likely N-dealkylation sites (tertiary alicyclic amines) is 1. The number of aromatic nitrogens is 3. The molecule has 8 amide bonds. The molecule has 3 aliphatic rings. The SMILES string of the molecule is CCCCCNc1nc(C)nc2ccn(Cc3ccc(CN4CC5(C4)CN(C(=O)OCc4ccc(NC(=O)[C@H](CCCNC(N)=O)NC(=O)[C@@H](NC(=O)CCOCCOCCOCCOCCNC(=O)CCC(=O)N6Cc7ccccc7C#Cc7ccccc76)C(C)C)cc4)CCO5)cc3OC)c12. The smallest absolute Gasteiger partial charge is 0.410 e. The summed E-state index contributed by atoms with van der Waals surface area (Å²) in [6, 6.07) is 27.6. The van der Waals surface area contributed by atoms with Crippen LogP contribution in [0.5, 0.6) is 5.75 Å². The molecule has 1 spiro atoms. The number of hydrogen-bond acceptors (Lipinski definition) is 18. The summed E-state index contributed by atoms with van der Waals surface area (Å²) in [6.07, 6.45) is 5.43. The Bertz CT molecular complexity index is 3890. The first kappa shape index (κ1) is 77.5. The molecule has 9 rings (SSSR count). The molecule has 27 nitrogen and oxygen atoms in total. The number of urea groups is 1. The summed E-state index contributed by atoms with van der Waals surface area (Å²) < 4.78 is 42.5. The van der Waals surface area contributed by atoms with Crippen LogP contribution in [0.2, 0.25) is 0 Å². The predicted octanol–water partition coefficient (Wildman–Crippen LogP) is 6.93. The Kier molecular flexibility index (Phi) is 29.8. The second kappa shape index (κ2) is 39.7. The van der Waals surface area contributed by atoms with Gasteiger partial charge in [-0.2, -0.15) is 0 Å². The Morgan fingerprint density at radius 3 is 2.15 bits per heavy atom. The zero-order valence-electron chi connectivity index (χ0n) is 59.8. The molecule has 0 bridgehead atoms. The molecule has 0 saturated carbocycles. The van der Waals surface area contributed by atoms with E-state index in [1.54, 1.807) is 55.0 Å². The second-order valence-electron chi connectivity index (χ2n) is 26.2. The van der Waals surface area contributed by atoms with Crippen molar-refractivity contribution in [2.45, 2.75) is 123 Å². The van der Waals surface area contributed by atoms with Crippen molar-refractivity contribution in [3.63, 3.8) is 0 Å². The fourth-order valence-corrected chi connectivity index (χ4v) is 12.4. The number of methoxy groups -OCH3 is 1. The molecule has 552 valence electrons. The van der Waals surface area contributed by atoms with Crippen LogP contribution in [-0.4, -0.2) is 196 Å². The lowest BCUT2D eigenvalue weighted by Gasteiger charge is -2.53. The van der Waals surface area contributed by atoms with Gasteiger partial charge in [0.15, 0.2) is 5.82 Å². The number of amides is 8. The molecule has 6 aromatic rings. The zero-order chi connectivity index (χ0) is 72.9. The molecular weight excluding hydrogens is 1320 g/mol. The molecule has 3 aliphatic heterocycles. The van der Waals surface area contributed by atoms with Gasteiger partial charge < -0.3 is 85.2 Å². The fraction of sp³-hybridized carbons (Fsp3) is 0.487. The number of nitrogens with one attached hydrogen (secondary N) is 6. The highest BCUT2D eigenvalue weighted by Crippen LogP contribution is 2.33. The number of anilines is 3. The molecule has 0 radical (unpaired) electrons. The number of benzene rings is 4. The van der Waals surface area contributed by atoms with E-state index in [0.717, 1.165) is 87.7 Å². The number of hydrogen-bond donors (Lipinski definition) is 7. The monoisotopic (exact) mass is 1420 g/mol. The molecule has 8 N–H and O–H groups in total. The molecule has 2 atom stereocenters. The van der Waals surface area contributed by atoms with Crippen molar-refractivity contribution in [2.24, 2.45) is 11.7 Å². The van der Waals surface area contributed by atoms with Crippen LogP contribution >= 0.6 is 0 Å². The van der Waals surface area contributed by atoms with Crippen molar-refractivity contribution in [1.82, 2.24) is 45.6 Å². The minimum Gasteiger partial charge on any atom is -0.496 e. The maximum atomic E-state index is 13.8. The van der Waals surface area contributed by atoms with Gasteiger partial charge in [0.2, 0.25) is 29.5 Å². The second-order valence-corrected chi connectivity index (χ2v) is 26.2. The lowest BCUT2D eigenvalue weighted by Crippen LogP contribution is -2.70. The van der Waals surface area contributed by atoms with E-state index < -0.39 is 47.5 Å². The van der Waals surface area contributed by atoms with E-state index in [1.807, 2.05) is 67.7 Å². The molecule has 5 heterocycles. The summed E-state index contributed by atoms with van der Waals surface area (Å²) in [5.41, 5.74) is 13.2. The van der Waals surface area contributed by atoms with E-state index in [2.05, 4.69) is 78.3 Å². The van der Waals surface area contributed by atoms with Crippen molar-refractivity contribution in [2.75, 3.05) is 128 Å². The number of morpholine rings is 1. The molecule has 0 unspecified atom stereocenters. The number of carbonyl (C=O) groups is 7. The van der Waals surface area contributed by atoms with E-state index in [0.29, 0.717) is 96.5 Å². The van der Waals surface area contributed by atoms with E-state index >= 15 is 0 Å². The first-order valence-corrected chi connectivity index (χ1v) is 35.6. The number of nitrogens with two attached hydrogens (primary N) is 1. The topological polar surface area (TPSA) is 323 Å². The van der Waals surface area contributed by atoms with Crippen LogP contribution in [0.1, 0.15) is 111 Å². The predicted molar refractivity (Wildman–Crippen MR) is 389 cm³/mol. The van der Waals surface area contributed by atoms with Gasteiger partial charge in [-0.25, -0.2) is 19.6 Å². The van der Waals surface area contributed by atoms with Crippen molar-refractivity contribution in [3.05, 3.63) is 142 Å². The Morgan fingerprint density at radius 1 is 0.699 bits per heavy atom. The third kappa shape index (κ3) is 23.7. The summed E-state index contributed by atoms with van der Waals surface area (Å²) >= 11 is 0. The number of carbonyl (C=O) groups excluding carboxylic acids is 7. The van der Waals surface area contributed by atoms with E-state index in [1.165, 1.54) is 0 Å². The molecule has 103 heavy (non-hydrogen) atoms. The number of primary amides is 1. The van der Waals surface area contributed by atoms with Crippen LogP contribution in [0.25, 0.3) is 11.0 Å². The average Bonchev–Trinajstić information content (AvgIpc) is 1.73. The lowest BCUT2D eigenvalue weighted by molar-refractivity contribution is -0.181. The van der Waals surface area contributed by atoms with Crippen molar-refractivity contribution < 1.29 is 66.7 Å². The largest absolute Gasteiger partial charge is 0.496 e. The van der Waals surface area contributed by atoms with Crippen LogP contribution in [0.3, 0.4) is 0 Å². The summed E-state index contributed by atoms with van der Waals surface area (Å²) in [5, 5.41) is 17.3. The summed E-state index contributed by atoms with van der Waals surface area (Å²) in [6.45, 7) is 15.1. The lowest BCUT2D eigenvalue weighted by atomic mass is 9.91. The number of unbranched alkanes of at least 4 members (excludes halogenated alkanes) is 2. The number of aryl methyl sites for hydroxylation is 1. The highest BCUT2D eigenvalue weighted by Gasteiger charge is 2.48. The molecule has 2 fully saturated rings. The zero-order valence-corrected chi connectivity index (χ0v) is 59.8. The number of rotatable bonds is 40. The Balaban J connectivity index is 0.620. The number of nitrogens with zero attached hydrogens (tertiary/aromatic N) is 6. The standard InChI is InChI=1S/C76H99N13O14/c1-6-7-12-31-79-71-70-62(81-54(4)82-71)29-34-87(70)47-60-22-19-56(45-65(60)97-5)46-86-50-76(51-86)52-88(35-38-103-76)75(96)102-49-55-20-25-61(26-21-55)83-72(93)63(17-13-32-80-74(77)95)84-73(94)69(53(2)3)85-67(91)30-36-98-39-41-100-43-44-101-42-40-99-37-33-78-66(90)27-28-68(92)89-48-59-16-9-8-14-57(59)23-24-58-15-10-11-18-64(58)89/h8-11,14-16,18-22,25-26,29,34,45,53,63,69H,6-7,12-13,17,27-28,30-33,35-44,46-52H2,1-5H3,(H,78,90)(H,83,93)(H,84,94)(H,85,91)(H3,77,80,95)(H,79,81,82)/t63-,69-/m0/s1. The summed E-state index contributed by atoms with van der Waals surface area (Å²) in [4.78, 5) is 107. The van der Waals surface area contributed by atoms with E-state index in [-0.39, 0.29) is 89.5 Å². The van der Waals surface area contributed by atoms with Crippen molar-refractivity contribution in [3.8, 4) is 17.6 Å². The summed E-state index contributed by atoms with van der Waals surface area (Å²) in [7, 11) is 1.69. The fourth-order valence-electron chi connectivity index (χ4n) is 12.4. The van der Waals surface area contributed by atoms with Gasteiger partial charge in [-0.15, -0.1) is 0 Å². The Hall–Kier alpha value is -9.69. The molecule has 0 aliphatic carbocycles. The van der Waals surface area contributed by atoms with Crippen molar-refractivity contribution >= 4 is 69.9 Å². The van der Waals surface area contributed by atoms with Gasteiger partial charge >= 0.3 is 12.1 Å². The first-order chi connectivity index (χ1) is 50.0. The number of fused-ring (bicyclic) bond motifs is 3. The molecule has 2 saturated heterocycles. The van der Waals surface area contributed by atoms with Gasteiger partial charge in [-0.1, -0.05) is 100 Å².